The molecule has 1 amide bonds. The van der Waals surface area contributed by atoms with Crippen molar-refractivity contribution >= 4 is 49.1 Å². The second-order valence-corrected chi connectivity index (χ2v) is 10.5. The van der Waals surface area contributed by atoms with E-state index < -0.39 is 27.7 Å². The van der Waals surface area contributed by atoms with Crippen molar-refractivity contribution in [1.29, 1.82) is 0 Å². The largest absolute Gasteiger partial charge is 0.468 e. The molecular formula is C25H22FN3O5S2. The van der Waals surface area contributed by atoms with Gasteiger partial charge in [0.1, 0.15) is 12.4 Å². The van der Waals surface area contributed by atoms with Gasteiger partial charge in [0.15, 0.2) is 4.80 Å². The normalized spacial score (nSPS) is 12.0. The number of fused-ring (bicyclic) bond motifs is 1. The molecule has 8 nitrogen and oxygen atoms in total. The van der Waals surface area contributed by atoms with E-state index in [9.17, 15) is 22.4 Å². The minimum atomic E-state index is -3.85. The van der Waals surface area contributed by atoms with E-state index in [1.54, 1.807) is 43.3 Å². The Labute approximate surface area is 211 Å². The van der Waals surface area contributed by atoms with Crippen LogP contribution in [0.25, 0.3) is 10.2 Å². The number of esters is 1. The molecule has 0 fully saturated rings. The summed E-state index contributed by atoms with van der Waals surface area (Å²) in [7, 11) is -2.64. The van der Waals surface area contributed by atoms with Crippen molar-refractivity contribution in [3.63, 3.8) is 0 Å². The van der Waals surface area contributed by atoms with Gasteiger partial charge in [0.2, 0.25) is 0 Å². The summed E-state index contributed by atoms with van der Waals surface area (Å²) in [5.74, 6) is -1.85. The topological polar surface area (TPSA) is 98.0 Å². The van der Waals surface area contributed by atoms with E-state index >= 15 is 0 Å². The van der Waals surface area contributed by atoms with E-state index in [0.717, 1.165) is 11.3 Å². The van der Waals surface area contributed by atoms with Crippen LogP contribution in [0.1, 0.15) is 17.3 Å². The number of amides is 1. The lowest BCUT2D eigenvalue weighted by Gasteiger charge is -2.22. The fourth-order valence-corrected chi connectivity index (χ4v) is 6.16. The maximum atomic E-state index is 14.5. The summed E-state index contributed by atoms with van der Waals surface area (Å²) < 4.78 is 48.6. The first kappa shape index (κ1) is 25.3. The summed E-state index contributed by atoms with van der Waals surface area (Å²) in [4.78, 5) is 29.1. The van der Waals surface area contributed by atoms with Crippen molar-refractivity contribution in [2.75, 3.05) is 18.0 Å². The molecule has 4 aromatic rings. The lowest BCUT2D eigenvalue weighted by Crippen LogP contribution is -2.30. The zero-order chi connectivity index (χ0) is 25.9. The lowest BCUT2D eigenvalue weighted by molar-refractivity contribution is -0.141. The molecule has 0 N–H and O–H groups in total. The Balaban J connectivity index is 1.69. The standard InChI is InChI=1S/C25H22FN3O5S2/c1-3-29(18-8-5-4-6-9-18)36(32,33)19-14-12-17(13-15-19)24(31)27-25-28(16-22(30)34-2)23-20(26)10-7-11-21(23)35-25/h4-15H,3,16H2,1-2H3. The summed E-state index contributed by atoms with van der Waals surface area (Å²) in [5.41, 5.74) is 0.808. The van der Waals surface area contributed by atoms with Crippen LogP contribution in [0.15, 0.2) is 82.7 Å². The smallest absolute Gasteiger partial charge is 0.325 e. The van der Waals surface area contributed by atoms with Crippen molar-refractivity contribution in [1.82, 2.24) is 4.57 Å². The molecule has 0 spiro atoms. The number of para-hydroxylation sites is 2. The Morgan fingerprint density at radius 1 is 1.03 bits per heavy atom. The van der Waals surface area contributed by atoms with E-state index in [0.29, 0.717) is 10.4 Å². The number of rotatable bonds is 7. The molecule has 0 radical (unpaired) electrons. The third kappa shape index (κ3) is 4.93. The average Bonchev–Trinajstić information content (AvgIpc) is 3.22. The molecule has 0 unspecified atom stereocenters. The predicted molar refractivity (Wildman–Crippen MR) is 135 cm³/mol. The highest BCUT2D eigenvalue weighted by atomic mass is 32.2. The number of anilines is 1. The third-order valence-corrected chi connectivity index (χ3v) is 8.35. The molecule has 36 heavy (non-hydrogen) atoms. The molecule has 4 rings (SSSR count). The molecule has 1 aromatic heterocycles. The van der Waals surface area contributed by atoms with Crippen LogP contribution in [0, 0.1) is 5.82 Å². The van der Waals surface area contributed by atoms with Crippen LogP contribution in [0.3, 0.4) is 0 Å². The van der Waals surface area contributed by atoms with E-state index in [-0.39, 0.29) is 33.9 Å². The maximum absolute atomic E-state index is 14.5. The minimum Gasteiger partial charge on any atom is -0.468 e. The van der Waals surface area contributed by atoms with Gasteiger partial charge in [-0.1, -0.05) is 35.6 Å². The van der Waals surface area contributed by atoms with E-state index in [4.69, 9.17) is 4.74 Å². The number of ether oxygens (including phenoxy) is 1. The number of aromatic nitrogens is 1. The van der Waals surface area contributed by atoms with E-state index in [1.807, 2.05) is 0 Å². The number of hydrogen-bond donors (Lipinski definition) is 0. The SMILES string of the molecule is CCN(c1ccccc1)S(=O)(=O)c1ccc(C(=O)N=c2sc3cccc(F)c3n2CC(=O)OC)cc1. The van der Waals surface area contributed by atoms with Crippen molar-refractivity contribution in [3.8, 4) is 0 Å². The fourth-order valence-electron chi connectivity index (χ4n) is 3.65. The number of halogens is 1. The van der Waals surface area contributed by atoms with Crippen LogP contribution in [0.4, 0.5) is 10.1 Å². The van der Waals surface area contributed by atoms with Crippen LogP contribution < -0.4 is 9.11 Å². The van der Waals surface area contributed by atoms with Crippen LogP contribution in [-0.4, -0.2) is 38.5 Å². The highest BCUT2D eigenvalue weighted by molar-refractivity contribution is 7.92. The van der Waals surface area contributed by atoms with Gasteiger partial charge >= 0.3 is 5.97 Å². The van der Waals surface area contributed by atoms with Crippen LogP contribution in [-0.2, 0) is 26.1 Å². The van der Waals surface area contributed by atoms with Gasteiger partial charge in [-0.15, -0.1) is 0 Å². The monoisotopic (exact) mass is 527 g/mol. The van der Waals surface area contributed by atoms with Gasteiger partial charge < -0.3 is 9.30 Å². The first-order valence-electron chi connectivity index (χ1n) is 10.9. The van der Waals surface area contributed by atoms with Gasteiger partial charge in [-0.25, -0.2) is 12.8 Å². The summed E-state index contributed by atoms with van der Waals surface area (Å²) in [6, 6.07) is 18.6. The van der Waals surface area contributed by atoms with Crippen LogP contribution >= 0.6 is 11.3 Å². The first-order chi connectivity index (χ1) is 17.3. The Kier molecular flexibility index (Phi) is 7.32. The molecule has 1 heterocycles. The molecule has 0 aliphatic heterocycles. The molecule has 0 atom stereocenters. The van der Waals surface area contributed by atoms with Gasteiger partial charge in [0.25, 0.3) is 15.9 Å². The molecule has 0 saturated carbocycles. The molecular weight excluding hydrogens is 505 g/mol. The maximum Gasteiger partial charge on any atom is 0.325 e. The number of carbonyl (C=O) groups is 2. The first-order valence-corrected chi connectivity index (χ1v) is 13.1. The van der Waals surface area contributed by atoms with Crippen LogP contribution in [0.5, 0.6) is 0 Å². The Morgan fingerprint density at radius 2 is 1.72 bits per heavy atom. The number of methoxy groups -OCH3 is 1. The third-order valence-electron chi connectivity index (χ3n) is 5.38. The predicted octanol–water partition coefficient (Wildman–Crippen LogP) is 3.97. The Morgan fingerprint density at radius 3 is 2.36 bits per heavy atom. The lowest BCUT2D eigenvalue weighted by atomic mass is 10.2. The van der Waals surface area contributed by atoms with Gasteiger partial charge in [0.05, 0.1) is 27.9 Å². The molecule has 0 saturated heterocycles. The highest BCUT2D eigenvalue weighted by Gasteiger charge is 2.24. The second-order valence-electron chi connectivity index (χ2n) is 7.58. The van der Waals surface area contributed by atoms with Crippen molar-refractivity contribution in [2.45, 2.75) is 18.4 Å². The minimum absolute atomic E-state index is 0.0226. The molecule has 0 bridgehead atoms. The molecule has 0 aliphatic carbocycles. The van der Waals surface area contributed by atoms with Gasteiger partial charge in [-0.3, -0.25) is 13.9 Å². The molecule has 11 heteroatoms. The van der Waals surface area contributed by atoms with Crippen molar-refractivity contribution in [3.05, 3.63) is 89.0 Å². The molecule has 3 aromatic carbocycles. The second kappa shape index (κ2) is 10.4. The van der Waals surface area contributed by atoms with Gasteiger partial charge in [0, 0.05) is 12.1 Å². The summed E-state index contributed by atoms with van der Waals surface area (Å²) in [6.07, 6.45) is 0. The van der Waals surface area contributed by atoms with Gasteiger partial charge in [-0.05, 0) is 55.5 Å². The number of carbonyl (C=O) groups excluding carboxylic acids is 2. The molecule has 0 aliphatic rings. The zero-order valence-electron chi connectivity index (χ0n) is 19.4. The summed E-state index contributed by atoms with van der Waals surface area (Å²) >= 11 is 1.05. The Hall–Kier alpha value is -3.83. The number of benzene rings is 3. The number of sulfonamides is 1. The van der Waals surface area contributed by atoms with E-state index in [1.165, 1.54) is 52.4 Å². The number of nitrogens with zero attached hydrogens (tertiary/aromatic N) is 3. The van der Waals surface area contributed by atoms with Crippen molar-refractivity contribution < 1.29 is 27.1 Å². The van der Waals surface area contributed by atoms with Gasteiger partial charge in [-0.2, -0.15) is 4.99 Å². The molecule has 186 valence electrons. The number of thiazole rings is 1. The average molecular weight is 528 g/mol. The van der Waals surface area contributed by atoms with E-state index in [2.05, 4.69) is 4.99 Å². The summed E-state index contributed by atoms with van der Waals surface area (Å²) in [6.45, 7) is 1.64. The number of hydrogen-bond acceptors (Lipinski definition) is 6. The fraction of sp³-hybridized carbons (Fsp3) is 0.160. The van der Waals surface area contributed by atoms with Crippen molar-refractivity contribution in [2.24, 2.45) is 4.99 Å². The van der Waals surface area contributed by atoms with Crippen LogP contribution in [0.2, 0.25) is 0 Å². The summed E-state index contributed by atoms with van der Waals surface area (Å²) in [5, 5.41) is 0. The highest BCUT2D eigenvalue weighted by Crippen LogP contribution is 2.24. The quantitative estimate of drug-likeness (QED) is 0.339. The Bertz CT molecular complexity index is 1590. The zero-order valence-corrected chi connectivity index (χ0v) is 21.1.